The number of amides is 2. The summed E-state index contributed by atoms with van der Waals surface area (Å²) in [5.74, 6) is -0.192. The van der Waals surface area contributed by atoms with Crippen molar-refractivity contribution in [2.75, 3.05) is 13.1 Å². The average Bonchev–Trinajstić information content (AvgIpc) is 3.12. The number of hydrogen-bond donors (Lipinski definition) is 1. The lowest BCUT2D eigenvalue weighted by Crippen LogP contribution is -2.46. The van der Waals surface area contributed by atoms with Crippen molar-refractivity contribution in [2.24, 2.45) is 7.05 Å². The van der Waals surface area contributed by atoms with Crippen LogP contribution < -0.4 is 10.9 Å². The van der Waals surface area contributed by atoms with Gasteiger partial charge in [0.2, 0.25) is 0 Å². The van der Waals surface area contributed by atoms with Crippen LogP contribution in [0.4, 0.5) is 0 Å². The third-order valence-electron chi connectivity index (χ3n) is 4.25. The standard InChI is InChI=1S/C17H19N3O3S/c1-19-6-2-12(10-15(19)21)17(23)20-7-3-14(4-8-20)18-16(22)13-5-9-24-11-13/h2,5-6,9-11,14H,3-4,7-8H2,1H3,(H,18,22). The summed E-state index contributed by atoms with van der Waals surface area (Å²) < 4.78 is 1.43. The number of nitrogens with zero attached hydrogens (tertiary/aromatic N) is 2. The van der Waals surface area contributed by atoms with E-state index in [1.165, 1.54) is 22.0 Å². The summed E-state index contributed by atoms with van der Waals surface area (Å²) in [6.45, 7) is 1.14. The first kappa shape index (κ1) is 16.4. The van der Waals surface area contributed by atoms with Gasteiger partial charge in [0.05, 0.1) is 0 Å². The van der Waals surface area contributed by atoms with Gasteiger partial charge in [-0.25, -0.2) is 0 Å². The maximum absolute atomic E-state index is 12.5. The number of aromatic nitrogens is 1. The molecule has 1 fully saturated rings. The molecule has 2 amide bonds. The van der Waals surface area contributed by atoms with Gasteiger partial charge in [0, 0.05) is 54.9 Å². The highest BCUT2D eigenvalue weighted by Gasteiger charge is 2.25. The number of pyridine rings is 1. The van der Waals surface area contributed by atoms with Gasteiger partial charge in [0.25, 0.3) is 17.4 Å². The van der Waals surface area contributed by atoms with Crippen LogP contribution in [0.15, 0.2) is 40.0 Å². The molecule has 1 aliphatic heterocycles. The zero-order chi connectivity index (χ0) is 17.1. The van der Waals surface area contributed by atoms with Crippen LogP contribution in [0.1, 0.15) is 33.6 Å². The van der Waals surface area contributed by atoms with Crippen LogP contribution in [0.2, 0.25) is 0 Å². The number of carbonyl (C=O) groups is 2. The fourth-order valence-corrected chi connectivity index (χ4v) is 3.39. The van der Waals surface area contributed by atoms with E-state index < -0.39 is 0 Å². The lowest BCUT2D eigenvalue weighted by Gasteiger charge is -2.32. The van der Waals surface area contributed by atoms with E-state index in [9.17, 15) is 14.4 Å². The maximum Gasteiger partial charge on any atom is 0.254 e. The van der Waals surface area contributed by atoms with E-state index in [0.717, 1.165) is 0 Å². The maximum atomic E-state index is 12.5. The van der Waals surface area contributed by atoms with Gasteiger partial charge in [-0.3, -0.25) is 14.4 Å². The van der Waals surface area contributed by atoms with Crippen LogP contribution in [0.3, 0.4) is 0 Å². The largest absolute Gasteiger partial charge is 0.349 e. The summed E-state index contributed by atoms with van der Waals surface area (Å²) in [6, 6.07) is 4.90. The molecule has 0 atom stereocenters. The van der Waals surface area contributed by atoms with Crippen molar-refractivity contribution in [2.45, 2.75) is 18.9 Å². The van der Waals surface area contributed by atoms with E-state index in [4.69, 9.17) is 0 Å². The Kier molecular flexibility index (Phi) is 4.80. The molecule has 1 saturated heterocycles. The number of piperidine rings is 1. The van der Waals surface area contributed by atoms with Crippen molar-refractivity contribution in [1.82, 2.24) is 14.8 Å². The Labute approximate surface area is 143 Å². The normalized spacial score (nSPS) is 15.3. The Morgan fingerprint density at radius 2 is 1.96 bits per heavy atom. The number of aryl methyl sites for hydroxylation is 1. The van der Waals surface area contributed by atoms with Crippen molar-refractivity contribution in [3.8, 4) is 0 Å². The fourth-order valence-electron chi connectivity index (χ4n) is 2.75. The Bertz CT molecular complexity index is 790. The Hall–Kier alpha value is -2.41. The topological polar surface area (TPSA) is 71.4 Å². The second kappa shape index (κ2) is 7.00. The van der Waals surface area contributed by atoms with Gasteiger partial charge in [-0.05, 0) is 30.4 Å². The van der Waals surface area contributed by atoms with E-state index in [0.29, 0.717) is 37.1 Å². The molecule has 1 aliphatic rings. The van der Waals surface area contributed by atoms with E-state index in [1.54, 1.807) is 30.3 Å². The number of thiophene rings is 1. The molecule has 3 rings (SSSR count). The molecule has 7 heteroatoms. The van der Waals surface area contributed by atoms with Crippen LogP contribution in [0.5, 0.6) is 0 Å². The summed E-state index contributed by atoms with van der Waals surface area (Å²) in [5.41, 5.74) is 0.899. The predicted octanol–water partition coefficient (Wildman–Crippen LogP) is 1.48. The molecule has 0 aromatic carbocycles. The lowest BCUT2D eigenvalue weighted by atomic mass is 10.0. The van der Waals surface area contributed by atoms with Crippen molar-refractivity contribution in [3.63, 3.8) is 0 Å². The Balaban J connectivity index is 1.56. The minimum Gasteiger partial charge on any atom is -0.349 e. The van der Waals surface area contributed by atoms with E-state index >= 15 is 0 Å². The molecule has 0 radical (unpaired) electrons. The van der Waals surface area contributed by atoms with Gasteiger partial charge in [0.1, 0.15) is 0 Å². The Morgan fingerprint density at radius 3 is 2.58 bits per heavy atom. The van der Waals surface area contributed by atoms with Gasteiger partial charge in [-0.2, -0.15) is 11.3 Å². The fraction of sp³-hybridized carbons (Fsp3) is 0.353. The summed E-state index contributed by atoms with van der Waals surface area (Å²) in [6.07, 6.45) is 3.03. The summed E-state index contributed by atoms with van der Waals surface area (Å²) in [7, 11) is 1.65. The smallest absolute Gasteiger partial charge is 0.254 e. The summed E-state index contributed by atoms with van der Waals surface area (Å²) in [5, 5.41) is 6.71. The van der Waals surface area contributed by atoms with Crippen LogP contribution >= 0.6 is 11.3 Å². The molecule has 2 aromatic heterocycles. The number of hydrogen-bond acceptors (Lipinski definition) is 4. The SMILES string of the molecule is Cn1ccc(C(=O)N2CCC(NC(=O)c3ccsc3)CC2)cc1=O. The highest BCUT2D eigenvalue weighted by atomic mass is 32.1. The van der Waals surface area contributed by atoms with E-state index in [2.05, 4.69) is 5.32 Å². The monoisotopic (exact) mass is 345 g/mol. The second-order valence-electron chi connectivity index (χ2n) is 5.92. The zero-order valence-corrected chi connectivity index (χ0v) is 14.2. The quantitative estimate of drug-likeness (QED) is 0.916. The molecule has 0 bridgehead atoms. The third-order valence-corrected chi connectivity index (χ3v) is 4.94. The molecular weight excluding hydrogens is 326 g/mol. The van der Waals surface area contributed by atoms with E-state index in [1.807, 2.05) is 10.8 Å². The van der Waals surface area contributed by atoms with Crippen molar-refractivity contribution >= 4 is 23.2 Å². The highest BCUT2D eigenvalue weighted by Crippen LogP contribution is 2.14. The van der Waals surface area contributed by atoms with Crippen LogP contribution in [-0.2, 0) is 7.05 Å². The average molecular weight is 345 g/mol. The van der Waals surface area contributed by atoms with Crippen molar-refractivity contribution in [3.05, 3.63) is 56.6 Å². The Morgan fingerprint density at radius 1 is 1.21 bits per heavy atom. The molecule has 0 aliphatic carbocycles. The first-order valence-electron chi connectivity index (χ1n) is 7.83. The van der Waals surface area contributed by atoms with Crippen molar-refractivity contribution in [1.29, 1.82) is 0 Å². The van der Waals surface area contributed by atoms with Gasteiger partial charge >= 0.3 is 0 Å². The molecule has 3 heterocycles. The minimum absolute atomic E-state index is 0.0624. The number of likely N-dealkylation sites (tertiary alicyclic amines) is 1. The van der Waals surface area contributed by atoms with Gasteiger partial charge < -0.3 is 14.8 Å². The zero-order valence-electron chi connectivity index (χ0n) is 13.4. The molecule has 0 saturated carbocycles. The summed E-state index contributed by atoms with van der Waals surface area (Å²) in [4.78, 5) is 37.9. The highest BCUT2D eigenvalue weighted by molar-refractivity contribution is 7.08. The minimum atomic E-state index is -0.196. The van der Waals surface area contributed by atoms with E-state index in [-0.39, 0.29) is 23.4 Å². The molecule has 24 heavy (non-hydrogen) atoms. The third kappa shape index (κ3) is 3.56. The summed E-state index contributed by atoms with van der Waals surface area (Å²) >= 11 is 1.49. The molecule has 1 N–H and O–H groups in total. The van der Waals surface area contributed by atoms with Crippen molar-refractivity contribution < 1.29 is 9.59 Å². The number of nitrogens with one attached hydrogen (secondary N) is 1. The second-order valence-corrected chi connectivity index (χ2v) is 6.70. The lowest BCUT2D eigenvalue weighted by molar-refractivity contribution is 0.0698. The van der Waals surface area contributed by atoms with Gasteiger partial charge in [0.15, 0.2) is 0 Å². The molecule has 2 aromatic rings. The molecule has 6 nitrogen and oxygen atoms in total. The first-order valence-corrected chi connectivity index (χ1v) is 8.78. The van der Waals surface area contributed by atoms with Gasteiger partial charge in [-0.15, -0.1) is 0 Å². The molecule has 0 unspecified atom stereocenters. The van der Waals surface area contributed by atoms with Crippen LogP contribution in [0.25, 0.3) is 0 Å². The first-order chi connectivity index (χ1) is 11.5. The van der Waals surface area contributed by atoms with Crippen LogP contribution in [-0.4, -0.2) is 40.4 Å². The number of carbonyl (C=O) groups excluding carboxylic acids is 2. The van der Waals surface area contributed by atoms with Crippen LogP contribution in [0, 0.1) is 0 Å². The predicted molar refractivity (Wildman–Crippen MR) is 92.4 cm³/mol. The molecular formula is C17H19N3O3S. The van der Waals surface area contributed by atoms with Gasteiger partial charge in [-0.1, -0.05) is 0 Å². The molecule has 126 valence electrons. The molecule has 0 spiro atoms. The number of rotatable bonds is 3.